The molecule has 1 aliphatic heterocycles. The Morgan fingerprint density at radius 3 is 2.71 bits per heavy atom. The molecule has 1 heterocycles. The summed E-state index contributed by atoms with van der Waals surface area (Å²) in [6.45, 7) is 5.02. The SMILES string of the molecule is Cc1ccc(F)c(CN2CCCC2)c1. The van der Waals surface area contributed by atoms with Gasteiger partial charge in [0.15, 0.2) is 0 Å². The van der Waals surface area contributed by atoms with Crippen molar-refractivity contribution in [2.75, 3.05) is 13.1 Å². The molecule has 1 aromatic rings. The maximum atomic E-state index is 13.4. The lowest BCUT2D eigenvalue weighted by atomic mass is 10.1. The summed E-state index contributed by atoms with van der Waals surface area (Å²) in [5, 5.41) is 0. The highest BCUT2D eigenvalue weighted by Gasteiger charge is 2.13. The number of benzene rings is 1. The van der Waals surface area contributed by atoms with Crippen LogP contribution >= 0.6 is 0 Å². The molecule has 1 nitrogen and oxygen atoms in total. The molecule has 2 heteroatoms. The first kappa shape index (κ1) is 9.66. The largest absolute Gasteiger partial charge is 0.299 e. The van der Waals surface area contributed by atoms with Gasteiger partial charge in [0, 0.05) is 12.1 Å². The molecule has 0 saturated carbocycles. The maximum absolute atomic E-state index is 13.4. The predicted molar refractivity (Wildman–Crippen MR) is 55.6 cm³/mol. The fourth-order valence-corrected chi connectivity index (χ4v) is 2.01. The van der Waals surface area contributed by atoms with Gasteiger partial charge in [-0.1, -0.05) is 17.7 Å². The lowest BCUT2D eigenvalue weighted by Crippen LogP contribution is -2.19. The summed E-state index contributed by atoms with van der Waals surface area (Å²) in [7, 11) is 0. The van der Waals surface area contributed by atoms with Crippen LogP contribution in [0.25, 0.3) is 0 Å². The Labute approximate surface area is 84.5 Å². The van der Waals surface area contributed by atoms with E-state index >= 15 is 0 Å². The summed E-state index contributed by atoms with van der Waals surface area (Å²) >= 11 is 0. The van der Waals surface area contributed by atoms with Crippen LogP contribution in [0.3, 0.4) is 0 Å². The predicted octanol–water partition coefficient (Wildman–Crippen LogP) is 2.73. The van der Waals surface area contributed by atoms with Crippen molar-refractivity contribution in [3.05, 3.63) is 35.1 Å². The van der Waals surface area contributed by atoms with Crippen LogP contribution in [-0.2, 0) is 6.54 Å². The van der Waals surface area contributed by atoms with Gasteiger partial charge in [-0.15, -0.1) is 0 Å². The molecule has 2 rings (SSSR count). The molecule has 0 aromatic heterocycles. The Hall–Kier alpha value is -0.890. The Balaban J connectivity index is 2.10. The van der Waals surface area contributed by atoms with E-state index < -0.39 is 0 Å². The third-order valence-corrected chi connectivity index (χ3v) is 2.79. The van der Waals surface area contributed by atoms with E-state index in [2.05, 4.69) is 4.90 Å². The van der Waals surface area contributed by atoms with Crippen LogP contribution in [0.2, 0.25) is 0 Å². The van der Waals surface area contributed by atoms with E-state index in [1.165, 1.54) is 12.8 Å². The van der Waals surface area contributed by atoms with Crippen LogP contribution in [0.1, 0.15) is 24.0 Å². The minimum Gasteiger partial charge on any atom is -0.299 e. The molecule has 76 valence electrons. The van der Waals surface area contributed by atoms with E-state index in [1.807, 2.05) is 19.1 Å². The van der Waals surface area contributed by atoms with E-state index in [-0.39, 0.29) is 5.82 Å². The second-order valence-corrected chi connectivity index (χ2v) is 4.08. The molecule has 1 aliphatic rings. The molecule has 0 aliphatic carbocycles. The number of aryl methyl sites for hydroxylation is 1. The highest BCUT2D eigenvalue weighted by molar-refractivity contribution is 5.24. The number of hydrogen-bond donors (Lipinski definition) is 0. The molecular formula is C12H16FN. The molecule has 0 amide bonds. The number of nitrogens with zero attached hydrogens (tertiary/aromatic N) is 1. The maximum Gasteiger partial charge on any atom is 0.127 e. The van der Waals surface area contributed by atoms with Gasteiger partial charge < -0.3 is 0 Å². The first-order valence-corrected chi connectivity index (χ1v) is 5.23. The number of rotatable bonds is 2. The summed E-state index contributed by atoms with van der Waals surface area (Å²) < 4.78 is 13.4. The fraction of sp³-hybridized carbons (Fsp3) is 0.500. The van der Waals surface area contributed by atoms with Crippen LogP contribution < -0.4 is 0 Å². The molecule has 0 atom stereocenters. The van der Waals surface area contributed by atoms with Crippen LogP contribution in [0.15, 0.2) is 18.2 Å². The van der Waals surface area contributed by atoms with Gasteiger partial charge in [0.1, 0.15) is 5.82 Å². The number of likely N-dealkylation sites (tertiary alicyclic amines) is 1. The van der Waals surface area contributed by atoms with Gasteiger partial charge in [-0.2, -0.15) is 0 Å². The Bertz CT molecular complexity index is 316. The van der Waals surface area contributed by atoms with Gasteiger partial charge in [0.05, 0.1) is 0 Å². The summed E-state index contributed by atoms with van der Waals surface area (Å²) in [6, 6.07) is 5.34. The Kier molecular flexibility index (Phi) is 2.82. The van der Waals surface area contributed by atoms with Gasteiger partial charge in [-0.3, -0.25) is 4.90 Å². The fourth-order valence-electron chi connectivity index (χ4n) is 2.01. The van der Waals surface area contributed by atoms with E-state index in [9.17, 15) is 4.39 Å². The lowest BCUT2D eigenvalue weighted by Gasteiger charge is -2.15. The van der Waals surface area contributed by atoms with Crippen molar-refractivity contribution >= 4 is 0 Å². The molecule has 0 spiro atoms. The third kappa shape index (κ3) is 2.13. The summed E-state index contributed by atoms with van der Waals surface area (Å²) in [5.41, 5.74) is 1.98. The van der Waals surface area contributed by atoms with E-state index in [0.29, 0.717) is 0 Å². The Morgan fingerprint density at radius 2 is 2.00 bits per heavy atom. The normalized spacial score (nSPS) is 17.6. The second-order valence-electron chi connectivity index (χ2n) is 4.08. The monoisotopic (exact) mass is 193 g/mol. The first-order chi connectivity index (χ1) is 6.75. The van der Waals surface area contributed by atoms with Crippen molar-refractivity contribution in [1.82, 2.24) is 4.90 Å². The summed E-state index contributed by atoms with van der Waals surface area (Å²) in [6.07, 6.45) is 2.51. The smallest absolute Gasteiger partial charge is 0.127 e. The first-order valence-electron chi connectivity index (χ1n) is 5.23. The molecule has 1 saturated heterocycles. The van der Waals surface area contributed by atoms with Gasteiger partial charge in [-0.05, 0) is 38.9 Å². The number of halogens is 1. The molecule has 0 unspecified atom stereocenters. The molecule has 14 heavy (non-hydrogen) atoms. The van der Waals surface area contributed by atoms with E-state index in [0.717, 1.165) is 30.8 Å². The standard InChI is InChI=1S/C12H16FN/c1-10-4-5-12(13)11(8-10)9-14-6-2-3-7-14/h4-5,8H,2-3,6-7,9H2,1H3. The van der Waals surface area contributed by atoms with Crippen molar-refractivity contribution in [3.8, 4) is 0 Å². The minimum atomic E-state index is -0.0671. The van der Waals surface area contributed by atoms with Crippen LogP contribution in [0, 0.1) is 12.7 Å². The lowest BCUT2D eigenvalue weighted by molar-refractivity contribution is 0.325. The average Bonchev–Trinajstić information content (AvgIpc) is 2.64. The molecule has 0 bridgehead atoms. The van der Waals surface area contributed by atoms with Crippen molar-refractivity contribution < 1.29 is 4.39 Å². The topological polar surface area (TPSA) is 3.24 Å². The zero-order valence-electron chi connectivity index (χ0n) is 8.59. The third-order valence-electron chi connectivity index (χ3n) is 2.79. The average molecular weight is 193 g/mol. The molecule has 0 N–H and O–H groups in total. The summed E-state index contributed by atoms with van der Waals surface area (Å²) in [5.74, 6) is -0.0671. The number of hydrogen-bond acceptors (Lipinski definition) is 1. The highest BCUT2D eigenvalue weighted by Crippen LogP contribution is 2.16. The van der Waals surface area contributed by atoms with Gasteiger partial charge >= 0.3 is 0 Å². The van der Waals surface area contributed by atoms with Gasteiger partial charge in [-0.25, -0.2) is 4.39 Å². The van der Waals surface area contributed by atoms with Crippen molar-refractivity contribution in [1.29, 1.82) is 0 Å². The molecule has 1 fully saturated rings. The van der Waals surface area contributed by atoms with Crippen LogP contribution in [0.5, 0.6) is 0 Å². The van der Waals surface area contributed by atoms with Crippen molar-refractivity contribution in [2.24, 2.45) is 0 Å². The molecular weight excluding hydrogens is 177 g/mol. The quantitative estimate of drug-likeness (QED) is 0.698. The van der Waals surface area contributed by atoms with Crippen LogP contribution in [-0.4, -0.2) is 18.0 Å². The minimum absolute atomic E-state index is 0.0671. The van der Waals surface area contributed by atoms with Crippen LogP contribution in [0.4, 0.5) is 4.39 Å². The van der Waals surface area contributed by atoms with E-state index in [4.69, 9.17) is 0 Å². The zero-order chi connectivity index (χ0) is 9.97. The van der Waals surface area contributed by atoms with Gasteiger partial charge in [0.2, 0.25) is 0 Å². The van der Waals surface area contributed by atoms with Crippen molar-refractivity contribution in [3.63, 3.8) is 0 Å². The molecule has 1 aromatic carbocycles. The molecule has 0 radical (unpaired) electrons. The van der Waals surface area contributed by atoms with Gasteiger partial charge in [0.25, 0.3) is 0 Å². The Morgan fingerprint density at radius 1 is 1.29 bits per heavy atom. The van der Waals surface area contributed by atoms with E-state index in [1.54, 1.807) is 6.07 Å². The summed E-state index contributed by atoms with van der Waals surface area (Å²) in [4.78, 5) is 2.32. The highest BCUT2D eigenvalue weighted by atomic mass is 19.1. The second kappa shape index (κ2) is 4.09. The zero-order valence-corrected chi connectivity index (χ0v) is 8.59. The van der Waals surface area contributed by atoms with Crippen molar-refractivity contribution in [2.45, 2.75) is 26.3 Å².